The lowest BCUT2D eigenvalue weighted by molar-refractivity contribution is -0.138. The molecule has 0 N–H and O–H groups in total. The molecule has 0 amide bonds. The lowest BCUT2D eigenvalue weighted by atomic mass is 10.1. The standard InChI is InChI=1S/C13H14F4O2/c1-3-4-8(2)19-12(18)10-6-5-9(14)7-11(10)13(15,16)17/h5-8H,3-4H2,1-2H3. The van der Waals surface area contributed by atoms with Crippen LogP contribution in [0.25, 0.3) is 0 Å². The van der Waals surface area contributed by atoms with E-state index in [1.54, 1.807) is 6.92 Å². The topological polar surface area (TPSA) is 26.3 Å². The highest BCUT2D eigenvalue weighted by Crippen LogP contribution is 2.33. The van der Waals surface area contributed by atoms with E-state index in [2.05, 4.69) is 0 Å². The molecule has 0 saturated heterocycles. The smallest absolute Gasteiger partial charge is 0.417 e. The Kier molecular flexibility index (Phi) is 4.91. The predicted octanol–water partition coefficient (Wildman–Crippen LogP) is 4.19. The molecular formula is C13H14F4O2. The Morgan fingerprint density at radius 1 is 1.37 bits per heavy atom. The maximum atomic E-state index is 12.9. The molecule has 0 aliphatic heterocycles. The zero-order chi connectivity index (χ0) is 14.6. The molecule has 0 fully saturated rings. The first kappa shape index (κ1) is 15.5. The van der Waals surface area contributed by atoms with Crippen molar-refractivity contribution in [1.82, 2.24) is 0 Å². The number of carbonyl (C=O) groups is 1. The van der Waals surface area contributed by atoms with Gasteiger partial charge in [0.05, 0.1) is 17.2 Å². The Hall–Kier alpha value is -1.59. The summed E-state index contributed by atoms with van der Waals surface area (Å²) in [6.07, 6.45) is -3.99. The van der Waals surface area contributed by atoms with E-state index < -0.39 is 35.2 Å². The van der Waals surface area contributed by atoms with Crippen LogP contribution in [0.2, 0.25) is 0 Å². The number of alkyl halides is 3. The van der Waals surface area contributed by atoms with Crippen LogP contribution in [0, 0.1) is 5.82 Å². The van der Waals surface area contributed by atoms with Gasteiger partial charge in [-0.25, -0.2) is 9.18 Å². The van der Waals surface area contributed by atoms with Crippen molar-refractivity contribution in [2.45, 2.75) is 39.0 Å². The third kappa shape index (κ3) is 4.22. The Balaban J connectivity index is 3.03. The number of esters is 1. The second-order valence-electron chi connectivity index (χ2n) is 4.19. The molecule has 2 nitrogen and oxygen atoms in total. The van der Waals surface area contributed by atoms with E-state index in [0.717, 1.165) is 18.6 Å². The second kappa shape index (κ2) is 6.04. The maximum absolute atomic E-state index is 12.9. The molecule has 0 aromatic heterocycles. The maximum Gasteiger partial charge on any atom is 0.417 e. The zero-order valence-electron chi connectivity index (χ0n) is 10.6. The summed E-state index contributed by atoms with van der Waals surface area (Å²) in [5.41, 5.74) is -1.99. The third-order valence-electron chi connectivity index (χ3n) is 2.51. The van der Waals surface area contributed by atoms with E-state index in [4.69, 9.17) is 4.74 Å². The van der Waals surface area contributed by atoms with Gasteiger partial charge in [0.2, 0.25) is 0 Å². The molecule has 19 heavy (non-hydrogen) atoms. The van der Waals surface area contributed by atoms with E-state index in [9.17, 15) is 22.4 Å². The summed E-state index contributed by atoms with van der Waals surface area (Å²) in [5.74, 6) is -2.14. The Bertz CT molecular complexity index is 454. The highest BCUT2D eigenvalue weighted by molar-refractivity contribution is 5.91. The van der Waals surface area contributed by atoms with Crippen LogP contribution < -0.4 is 0 Å². The van der Waals surface area contributed by atoms with Crippen LogP contribution in [0.5, 0.6) is 0 Å². The number of benzene rings is 1. The molecule has 1 unspecified atom stereocenters. The minimum absolute atomic E-state index is 0.293. The Morgan fingerprint density at radius 2 is 2.00 bits per heavy atom. The van der Waals surface area contributed by atoms with Crippen molar-refractivity contribution in [3.05, 3.63) is 35.1 Å². The van der Waals surface area contributed by atoms with Crippen LogP contribution >= 0.6 is 0 Å². The van der Waals surface area contributed by atoms with E-state index in [-0.39, 0.29) is 0 Å². The molecule has 0 bridgehead atoms. The number of hydrogen-bond donors (Lipinski definition) is 0. The fourth-order valence-corrected chi connectivity index (χ4v) is 1.64. The minimum Gasteiger partial charge on any atom is -0.459 e. The van der Waals surface area contributed by atoms with E-state index in [0.29, 0.717) is 12.5 Å². The molecule has 0 aliphatic carbocycles. The first-order chi connectivity index (χ1) is 8.75. The van der Waals surface area contributed by atoms with E-state index in [1.807, 2.05) is 6.92 Å². The zero-order valence-corrected chi connectivity index (χ0v) is 10.6. The van der Waals surface area contributed by atoms with Gasteiger partial charge in [-0.3, -0.25) is 0 Å². The summed E-state index contributed by atoms with van der Waals surface area (Å²) in [5, 5.41) is 0. The van der Waals surface area contributed by atoms with Crippen LogP contribution in [-0.4, -0.2) is 12.1 Å². The largest absolute Gasteiger partial charge is 0.459 e. The van der Waals surface area contributed by atoms with Gasteiger partial charge in [-0.05, 0) is 31.5 Å². The van der Waals surface area contributed by atoms with Crippen molar-refractivity contribution in [3.8, 4) is 0 Å². The van der Waals surface area contributed by atoms with Gasteiger partial charge in [-0.1, -0.05) is 13.3 Å². The Labute approximate surface area is 108 Å². The first-order valence-electron chi connectivity index (χ1n) is 5.83. The normalized spacial score (nSPS) is 13.2. The lowest BCUT2D eigenvalue weighted by Gasteiger charge is -2.15. The Morgan fingerprint density at radius 3 is 2.53 bits per heavy atom. The molecular weight excluding hydrogens is 264 g/mol. The molecule has 0 spiro atoms. The van der Waals surface area contributed by atoms with Gasteiger partial charge in [-0.2, -0.15) is 13.2 Å². The molecule has 6 heteroatoms. The van der Waals surface area contributed by atoms with Gasteiger partial charge in [0, 0.05) is 0 Å². The van der Waals surface area contributed by atoms with Gasteiger partial charge in [0.25, 0.3) is 0 Å². The molecule has 0 heterocycles. The van der Waals surface area contributed by atoms with Crippen molar-refractivity contribution in [2.24, 2.45) is 0 Å². The second-order valence-corrected chi connectivity index (χ2v) is 4.19. The molecule has 106 valence electrons. The van der Waals surface area contributed by atoms with Crippen LogP contribution in [0.3, 0.4) is 0 Å². The van der Waals surface area contributed by atoms with Crippen LogP contribution in [0.15, 0.2) is 18.2 Å². The molecule has 1 aromatic carbocycles. The monoisotopic (exact) mass is 278 g/mol. The van der Waals surface area contributed by atoms with Gasteiger partial charge in [0.15, 0.2) is 0 Å². The summed E-state index contributed by atoms with van der Waals surface area (Å²) in [6, 6.07) is 1.89. The summed E-state index contributed by atoms with van der Waals surface area (Å²) >= 11 is 0. The average molecular weight is 278 g/mol. The molecule has 1 atom stereocenters. The van der Waals surface area contributed by atoms with Crippen LogP contribution in [-0.2, 0) is 10.9 Å². The molecule has 0 radical (unpaired) electrons. The van der Waals surface area contributed by atoms with Crippen molar-refractivity contribution < 1.29 is 27.1 Å². The molecule has 0 aliphatic rings. The van der Waals surface area contributed by atoms with Crippen molar-refractivity contribution in [1.29, 1.82) is 0 Å². The lowest BCUT2D eigenvalue weighted by Crippen LogP contribution is -2.19. The summed E-state index contributed by atoms with van der Waals surface area (Å²) in [6.45, 7) is 3.46. The average Bonchev–Trinajstić information content (AvgIpc) is 2.27. The number of rotatable bonds is 4. The van der Waals surface area contributed by atoms with Crippen LogP contribution in [0.4, 0.5) is 17.6 Å². The number of hydrogen-bond acceptors (Lipinski definition) is 2. The first-order valence-corrected chi connectivity index (χ1v) is 5.83. The summed E-state index contributed by atoms with van der Waals surface area (Å²) in [4.78, 5) is 11.7. The predicted molar refractivity (Wildman–Crippen MR) is 61.2 cm³/mol. The van der Waals surface area contributed by atoms with Gasteiger partial charge in [0.1, 0.15) is 5.82 Å². The van der Waals surface area contributed by atoms with E-state index in [1.165, 1.54) is 0 Å². The fourth-order valence-electron chi connectivity index (χ4n) is 1.64. The minimum atomic E-state index is -4.80. The van der Waals surface area contributed by atoms with Gasteiger partial charge >= 0.3 is 12.1 Å². The number of halogens is 4. The third-order valence-corrected chi connectivity index (χ3v) is 2.51. The van der Waals surface area contributed by atoms with Gasteiger partial charge in [-0.15, -0.1) is 0 Å². The molecule has 1 rings (SSSR count). The van der Waals surface area contributed by atoms with Crippen molar-refractivity contribution >= 4 is 5.97 Å². The quantitative estimate of drug-likeness (QED) is 0.609. The van der Waals surface area contributed by atoms with Crippen LogP contribution in [0.1, 0.15) is 42.6 Å². The molecule has 0 saturated carbocycles. The SMILES string of the molecule is CCCC(C)OC(=O)c1ccc(F)cc1C(F)(F)F. The summed E-state index contributed by atoms with van der Waals surface area (Å²) in [7, 11) is 0. The number of ether oxygens (including phenoxy) is 1. The highest BCUT2D eigenvalue weighted by Gasteiger charge is 2.36. The van der Waals surface area contributed by atoms with E-state index >= 15 is 0 Å². The van der Waals surface area contributed by atoms with Crippen molar-refractivity contribution in [2.75, 3.05) is 0 Å². The summed E-state index contributed by atoms with van der Waals surface area (Å²) < 4.78 is 55.9. The number of carbonyl (C=O) groups excluding carboxylic acids is 1. The van der Waals surface area contributed by atoms with Crippen molar-refractivity contribution in [3.63, 3.8) is 0 Å². The highest BCUT2D eigenvalue weighted by atomic mass is 19.4. The van der Waals surface area contributed by atoms with Gasteiger partial charge < -0.3 is 4.74 Å². The fraction of sp³-hybridized carbons (Fsp3) is 0.462. The molecule has 1 aromatic rings.